The number of aliphatic hydroxyl groups is 1. The van der Waals surface area contributed by atoms with E-state index in [1.165, 1.54) is 31.4 Å². The first kappa shape index (κ1) is 17.6. The lowest BCUT2D eigenvalue weighted by Crippen LogP contribution is -2.46. The van der Waals surface area contributed by atoms with E-state index < -0.39 is 27.4 Å². The van der Waals surface area contributed by atoms with Crippen molar-refractivity contribution < 1.29 is 23.1 Å². The zero-order chi connectivity index (χ0) is 16.3. The van der Waals surface area contributed by atoms with Crippen molar-refractivity contribution in [2.24, 2.45) is 5.41 Å². The number of benzene rings is 1. The molecule has 0 unspecified atom stereocenters. The van der Waals surface area contributed by atoms with E-state index in [4.69, 9.17) is 0 Å². The highest BCUT2D eigenvalue weighted by molar-refractivity contribution is 7.89. The lowest BCUT2D eigenvalue weighted by molar-refractivity contribution is 0.0600. The van der Waals surface area contributed by atoms with Gasteiger partial charge >= 0.3 is 5.97 Å². The van der Waals surface area contributed by atoms with Gasteiger partial charge in [0, 0.05) is 6.04 Å². The molecule has 7 heteroatoms. The first-order valence-electron chi connectivity index (χ1n) is 6.43. The third-order valence-electron chi connectivity index (χ3n) is 3.09. The zero-order valence-electron chi connectivity index (χ0n) is 12.6. The maximum atomic E-state index is 12.3. The topological polar surface area (TPSA) is 92.7 Å². The van der Waals surface area contributed by atoms with Gasteiger partial charge in [0.1, 0.15) is 0 Å². The molecular weight excluding hydrogens is 294 g/mol. The predicted molar refractivity (Wildman–Crippen MR) is 78.4 cm³/mol. The summed E-state index contributed by atoms with van der Waals surface area (Å²) >= 11 is 0. The highest BCUT2D eigenvalue weighted by atomic mass is 32.2. The number of rotatable bonds is 5. The van der Waals surface area contributed by atoms with Crippen molar-refractivity contribution in [2.75, 3.05) is 13.7 Å². The Morgan fingerprint density at radius 2 is 2.00 bits per heavy atom. The number of carbonyl (C=O) groups excluding carboxylic acids is 1. The first-order valence-corrected chi connectivity index (χ1v) is 7.91. The summed E-state index contributed by atoms with van der Waals surface area (Å²) in [5.74, 6) is -0.610. The third kappa shape index (κ3) is 4.52. The molecule has 0 aromatic heterocycles. The standard InChI is InChI=1S/C14H21NO5S/c1-14(2,3)12(9-16)15-21(18,19)11-7-5-6-10(8-11)13(17)20-4/h5-8,12,15-16H,9H2,1-4H3/t12-/m1/s1. The van der Waals surface area contributed by atoms with E-state index >= 15 is 0 Å². The van der Waals surface area contributed by atoms with Crippen LogP contribution in [0.5, 0.6) is 0 Å². The summed E-state index contributed by atoms with van der Waals surface area (Å²) in [6, 6.07) is 4.92. The Balaban J connectivity index is 3.11. The summed E-state index contributed by atoms with van der Waals surface area (Å²) in [6.45, 7) is 5.14. The molecule has 1 rings (SSSR count). The summed E-state index contributed by atoms with van der Waals surface area (Å²) in [5, 5.41) is 9.35. The van der Waals surface area contributed by atoms with Gasteiger partial charge in [0.15, 0.2) is 0 Å². The molecule has 0 fully saturated rings. The summed E-state index contributed by atoms with van der Waals surface area (Å²) in [5.41, 5.74) is -0.293. The van der Waals surface area contributed by atoms with Crippen LogP contribution in [-0.4, -0.2) is 39.3 Å². The van der Waals surface area contributed by atoms with Gasteiger partial charge in [0.05, 0.1) is 24.2 Å². The fraction of sp³-hybridized carbons (Fsp3) is 0.500. The first-order chi connectivity index (χ1) is 9.61. The van der Waals surface area contributed by atoms with Gasteiger partial charge in [-0.3, -0.25) is 0 Å². The van der Waals surface area contributed by atoms with Gasteiger partial charge < -0.3 is 9.84 Å². The Morgan fingerprint density at radius 3 is 2.48 bits per heavy atom. The lowest BCUT2D eigenvalue weighted by atomic mass is 9.88. The second kappa shape index (κ2) is 6.55. The molecule has 1 atom stereocenters. The number of carbonyl (C=O) groups is 1. The Morgan fingerprint density at radius 1 is 1.38 bits per heavy atom. The Kier molecular flexibility index (Phi) is 5.49. The van der Waals surface area contributed by atoms with Crippen LogP contribution < -0.4 is 4.72 Å². The fourth-order valence-corrected chi connectivity index (χ4v) is 3.13. The minimum Gasteiger partial charge on any atom is -0.465 e. The van der Waals surface area contributed by atoms with Crippen molar-refractivity contribution in [3.63, 3.8) is 0 Å². The largest absolute Gasteiger partial charge is 0.465 e. The van der Waals surface area contributed by atoms with Gasteiger partial charge in [0.25, 0.3) is 0 Å². The number of aliphatic hydroxyl groups excluding tert-OH is 1. The van der Waals surface area contributed by atoms with E-state index in [2.05, 4.69) is 9.46 Å². The van der Waals surface area contributed by atoms with Gasteiger partial charge in [-0.25, -0.2) is 17.9 Å². The lowest BCUT2D eigenvalue weighted by Gasteiger charge is -2.29. The molecule has 0 spiro atoms. The van der Waals surface area contributed by atoms with E-state index in [0.717, 1.165) is 0 Å². The third-order valence-corrected chi connectivity index (χ3v) is 4.56. The van der Waals surface area contributed by atoms with Crippen molar-refractivity contribution in [3.8, 4) is 0 Å². The molecule has 6 nitrogen and oxygen atoms in total. The molecule has 0 saturated heterocycles. The highest BCUT2D eigenvalue weighted by Crippen LogP contribution is 2.21. The van der Waals surface area contributed by atoms with E-state index in [1.54, 1.807) is 0 Å². The second-order valence-corrected chi connectivity index (χ2v) is 7.46. The van der Waals surface area contributed by atoms with Crippen LogP contribution in [0.15, 0.2) is 29.2 Å². The minimum atomic E-state index is -3.84. The number of hydrogen-bond acceptors (Lipinski definition) is 5. The molecule has 0 aliphatic heterocycles. The number of nitrogens with one attached hydrogen (secondary N) is 1. The van der Waals surface area contributed by atoms with Gasteiger partial charge in [-0.05, 0) is 23.6 Å². The second-order valence-electron chi connectivity index (χ2n) is 5.74. The van der Waals surface area contributed by atoms with Gasteiger partial charge in [0.2, 0.25) is 10.0 Å². The van der Waals surface area contributed by atoms with E-state index in [9.17, 15) is 18.3 Å². The number of methoxy groups -OCH3 is 1. The van der Waals surface area contributed by atoms with Crippen LogP contribution in [0.25, 0.3) is 0 Å². The van der Waals surface area contributed by atoms with Crippen molar-refractivity contribution >= 4 is 16.0 Å². The number of sulfonamides is 1. The number of hydrogen-bond donors (Lipinski definition) is 2. The van der Waals surface area contributed by atoms with Crippen molar-refractivity contribution in [3.05, 3.63) is 29.8 Å². The Bertz CT molecular complexity index is 604. The molecule has 0 aliphatic rings. The maximum absolute atomic E-state index is 12.3. The highest BCUT2D eigenvalue weighted by Gasteiger charge is 2.29. The molecule has 0 aliphatic carbocycles. The van der Waals surface area contributed by atoms with Gasteiger partial charge in [-0.1, -0.05) is 26.8 Å². The van der Waals surface area contributed by atoms with Crippen LogP contribution in [0, 0.1) is 5.41 Å². The van der Waals surface area contributed by atoms with Crippen molar-refractivity contribution in [2.45, 2.75) is 31.7 Å². The van der Waals surface area contributed by atoms with Gasteiger partial charge in [-0.15, -0.1) is 0 Å². The zero-order valence-corrected chi connectivity index (χ0v) is 13.4. The average Bonchev–Trinajstić information content (AvgIpc) is 2.42. The average molecular weight is 315 g/mol. The normalized spacial score (nSPS) is 13.8. The molecule has 1 aromatic rings. The van der Waals surface area contributed by atoms with Crippen LogP contribution in [0.3, 0.4) is 0 Å². The summed E-state index contributed by atoms with van der Waals surface area (Å²) in [6.07, 6.45) is 0. The molecule has 21 heavy (non-hydrogen) atoms. The quantitative estimate of drug-likeness (QED) is 0.795. The smallest absolute Gasteiger partial charge is 0.337 e. The molecule has 118 valence electrons. The van der Waals surface area contributed by atoms with Crippen LogP contribution in [0.4, 0.5) is 0 Å². The van der Waals surface area contributed by atoms with E-state index in [-0.39, 0.29) is 17.1 Å². The van der Waals surface area contributed by atoms with Crippen molar-refractivity contribution in [1.29, 1.82) is 0 Å². The molecule has 0 bridgehead atoms. The predicted octanol–water partition coefficient (Wildman–Crippen LogP) is 1.16. The number of esters is 1. The van der Waals surface area contributed by atoms with Crippen LogP contribution in [-0.2, 0) is 14.8 Å². The van der Waals surface area contributed by atoms with Crippen LogP contribution in [0.1, 0.15) is 31.1 Å². The Labute approximate surface area is 125 Å². The molecular formula is C14H21NO5S. The van der Waals surface area contributed by atoms with Crippen molar-refractivity contribution in [1.82, 2.24) is 4.72 Å². The minimum absolute atomic E-state index is 0.0481. The molecule has 0 radical (unpaired) electrons. The van der Waals surface area contributed by atoms with Crippen LogP contribution in [0.2, 0.25) is 0 Å². The Hall–Kier alpha value is -1.44. The molecule has 2 N–H and O–H groups in total. The summed E-state index contributed by atoms with van der Waals surface area (Å²) < 4.78 is 31.7. The molecule has 1 aromatic carbocycles. The van der Waals surface area contributed by atoms with Crippen LogP contribution >= 0.6 is 0 Å². The maximum Gasteiger partial charge on any atom is 0.337 e. The molecule has 0 heterocycles. The fourth-order valence-electron chi connectivity index (χ4n) is 1.65. The van der Waals surface area contributed by atoms with E-state index in [1.807, 2.05) is 20.8 Å². The summed E-state index contributed by atoms with van der Waals surface area (Å²) in [7, 11) is -2.61. The summed E-state index contributed by atoms with van der Waals surface area (Å²) in [4.78, 5) is 11.4. The van der Waals surface area contributed by atoms with Gasteiger partial charge in [-0.2, -0.15) is 0 Å². The number of ether oxygens (including phenoxy) is 1. The van der Waals surface area contributed by atoms with E-state index in [0.29, 0.717) is 0 Å². The SMILES string of the molecule is COC(=O)c1cccc(S(=O)(=O)N[C@H](CO)C(C)(C)C)c1. The molecule has 0 saturated carbocycles. The molecule has 0 amide bonds. The monoisotopic (exact) mass is 315 g/mol.